The average molecular weight is 249 g/mol. The molecular formula is C16H27NO. The quantitative estimate of drug-likeness (QED) is 0.746. The number of nitrogens with zero attached hydrogens (tertiary/aromatic N) is 1. The van der Waals surface area contributed by atoms with E-state index >= 15 is 0 Å². The van der Waals surface area contributed by atoms with Crippen molar-refractivity contribution in [2.45, 2.75) is 77.6 Å². The van der Waals surface area contributed by atoms with Gasteiger partial charge in [0.05, 0.1) is 6.20 Å². The summed E-state index contributed by atoms with van der Waals surface area (Å²) in [6, 6.07) is 0. The van der Waals surface area contributed by atoms with E-state index in [4.69, 9.17) is 4.42 Å². The summed E-state index contributed by atoms with van der Waals surface area (Å²) in [6.07, 6.45) is 9.56. The van der Waals surface area contributed by atoms with Gasteiger partial charge in [0.2, 0.25) is 0 Å². The summed E-state index contributed by atoms with van der Waals surface area (Å²) in [4.78, 5) is 4.54. The molecule has 0 aliphatic heterocycles. The molecule has 2 nitrogen and oxygen atoms in total. The first-order valence-corrected chi connectivity index (χ1v) is 7.53. The number of aromatic nitrogens is 1. The Hall–Kier alpha value is -0.790. The normalized spacial score (nSPS) is 25.3. The van der Waals surface area contributed by atoms with Crippen molar-refractivity contribution in [1.82, 2.24) is 4.98 Å². The van der Waals surface area contributed by atoms with Gasteiger partial charge in [0.25, 0.3) is 0 Å². The molecule has 0 radical (unpaired) electrons. The lowest BCUT2D eigenvalue weighted by Gasteiger charge is -2.26. The molecule has 2 rings (SSSR count). The smallest absolute Gasteiger partial charge is 0.197 e. The third-order valence-corrected chi connectivity index (χ3v) is 4.85. The predicted octanol–water partition coefficient (Wildman–Crippen LogP) is 5.05. The van der Waals surface area contributed by atoms with Gasteiger partial charge in [-0.3, -0.25) is 0 Å². The van der Waals surface area contributed by atoms with Gasteiger partial charge in [-0.1, -0.05) is 34.1 Å². The third kappa shape index (κ3) is 2.78. The van der Waals surface area contributed by atoms with Gasteiger partial charge < -0.3 is 4.42 Å². The second-order valence-electron chi connectivity index (χ2n) is 6.43. The molecule has 1 aromatic rings. The number of hydrogen-bond donors (Lipinski definition) is 0. The van der Waals surface area contributed by atoms with Gasteiger partial charge in [-0.15, -0.1) is 0 Å². The van der Waals surface area contributed by atoms with E-state index in [0.717, 1.165) is 24.0 Å². The first-order valence-electron chi connectivity index (χ1n) is 7.53. The second kappa shape index (κ2) is 5.46. The Balaban J connectivity index is 2.03. The van der Waals surface area contributed by atoms with Crippen LogP contribution in [0.2, 0.25) is 0 Å². The molecular weight excluding hydrogens is 222 g/mol. The topological polar surface area (TPSA) is 26.0 Å². The van der Waals surface area contributed by atoms with Crippen LogP contribution in [-0.2, 0) is 5.41 Å². The minimum Gasteiger partial charge on any atom is -0.445 e. The largest absolute Gasteiger partial charge is 0.445 e. The van der Waals surface area contributed by atoms with Crippen LogP contribution in [0.1, 0.15) is 83.8 Å². The summed E-state index contributed by atoms with van der Waals surface area (Å²) >= 11 is 0. The zero-order chi connectivity index (χ0) is 13.2. The van der Waals surface area contributed by atoms with Gasteiger partial charge in [0, 0.05) is 11.3 Å². The van der Waals surface area contributed by atoms with E-state index in [2.05, 4.69) is 32.7 Å². The molecule has 1 aliphatic rings. The zero-order valence-corrected chi connectivity index (χ0v) is 12.3. The highest BCUT2D eigenvalue weighted by Gasteiger charge is 2.28. The van der Waals surface area contributed by atoms with Crippen LogP contribution in [-0.4, -0.2) is 4.98 Å². The van der Waals surface area contributed by atoms with Gasteiger partial charge in [0.15, 0.2) is 5.89 Å². The van der Waals surface area contributed by atoms with E-state index in [9.17, 15) is 0 Å². The van der Waals surface area contributed by atoms with Gasteiger partial charge in [-0.25, -0.2) is 4.98 Å². The Bertz CT molecular complexity index is 372. The van der Waals surface area contributed by atoms with Crippen molar-refractivity contribution in [3.63, 3.8) is 0 Å². The fourth-order valence-corrected chi connectivity index (χ4v) is 2.78. The molecule has 1 fully saturated rings. The van der Waals surface area contributed by atoms with E-state index < -0.39 is 0 Å². The molecule has 0 unspecified atom stereocenters. The standard InChI is InChI=1S/C16H27NO/c1-5-12-7-9-13(10-8-12)15-17-11-14(18-15)16(3,4)6-2/h11-13H,5-10H2,1-4H3/t12-,13-. The molecule has 102 valence electrons. The second-order valence-corrected chi connectivity index (χ2v) is 6.43. The molecule has 0 saturated heterocycles. The van der Waals surface area contributed by atoms with Crippen LogP contribution in [0, 0.1) is 5.92 Å². The van der Waals surface area contributed by atoms with E-state index in [-0.39, 0.29) is 5.41 Å². The molecule has 0 amide bonds. The van der Waals surface area contributed by atoms with Crippen molar-refractivity contribution in [2.75, 3.05) is 0 Å². The number of oxazole rings is 1. The summed E-state index contributed by atoms with van der Waals surface area (Å²) in [7, 11) is 0. The molecule has 1 aliphatic carbocycles. The Morgan fingerprint density at radius 3 is 2.44 bits per heavy atom. The molecule has 2 heteroatoms. The molecule has 1 heterocycles. The maximum Gasteiger partial charge on any atom is 0.197 e. The SMILES string of the molecule is CCC(C)(C)c1cnc([C@H]2CC[C@H](CC)CC2)o1. The summed E-state index contributed by atoms with van der Waals surface area (Å²) < 4.78 is 6.04. The summed E-state index contributed by atoms with van der Waals surface area (Å²) in [5.74, 6) is 3.54. The van der Waals surface area contributed by atoms with Crippen LogP contribution in [0.5, 0.6) is 0 Å². The first kappa shape index (κ1) is 13.6. The molecule has 1 aromatic heterocycles. The van der Waals surface area contributed by atoms with Crippen molar-refractivity contribution < 1.29 is 4.42 Å². The highest BCUT2D eigenvalue weighted by Crippen LogP contribution is 2.38. The average Bonchev–Trinajstić information content (AvgIpc) is 2.89. The van der Waals surface area contributed by atoms with Crippen LogP contribution in [0.4, 0.5) is 0 Å². The minimum absolute atomic E-state index is 0.117. The van der Waals surface area contributed by atoms with Gasteiger partial charge in [-0.05, 0) is 38.0 Å². The van der Waals surface area contributed by atoms with Gasteiger partial charge in [-0.2, -0.15) is 0 Å². The Morgan fingerprint density at radius 2 is 1.89 bits per heavy atom. The Morgan fingerprint density at radius 1 is 1.22 bits per heavy atom. The molecule has 0 atom stereocenters. The van der Waals surface area contributed by atoms with Crippen LogP contribution >= 0.6 is 0 Å². The molecule has 0 aromatic carbocycles. The molecule has 18 heavy (non-hydrogen) atoms. The van der Waals surface area contributed by atoms with E-state index in [1.807, 2.05) is 6.20 Å². The van der Waals surface area contributed by atoms with Gasteiger partial charge in [0.1, 0.15) is 5.76 Å². The van der Waals surface area contributed by atoms with Crippen LogP contribution < -0.4 is 0 Å². The maximum absolute atomic E-state index is 6.04. The summed E-state index contributed by atoms with van der Waals surface area (Å²) in [5.41, 5.74) is 0.117. The van der Waals surface area contributed by atoms with Crippen LogP contribution in [0.25, 0.3) is 0 Å². The zero-order valence-electron chi connectivity index (χ0n) is 12.3. The fraction of sp³-hybridized carbons (Fsp3) is 0.812. The lowest BCUT2D eigenvalue weighted by atomic mass is 9.81. The molecule has 0 spiro atoms. The van der Waals surface area contributed by atoms with E-state index in [0.29, 0.717) is 5.92 Å². The first-order chi connectivity index (χ1) is 8.56. The van der Waals surface area contributed by atoms with Crippen molar-refractivity contribution in [3.05, 3.63) is 17.8 Å². The third-order valence-electron chi connectivity index (χ3n) is 4.85. The van der Waals surface area contributed by atoms with Crippen molar-refractivity contribution in [3.8, 4) is 0 Å². The summed E-state index contributed by atoms with van der Waals surface area (Å²) in [6.45, 7) is 8.96. The van der Waals surface area contributed by atoms with E-state index in [1.54, 1.807) is 0 Å². The predicted molar refractivity (Wildman–Crippen MR) is 74.8 cm³/mol. The van der Waals surface area contributed by atoms with Gasteiger partial charge >= 0.3 is 0 Å². The van der Waals surface area contributed by atoms with Crippen molar-refractivity contribution in [1.29, 1.82) is 0 Å². The lowest BCUT2D eigenvalue weighted by Crippen LogP contribution is -2.14. The lowest BCUT2D eigenvalue weighted by molar-refractivity contribution is 0.272. The molecule has 0 bridgehead atoms. The van der Waals surface area contributed by atoms with Crippen LogP contribution in [0.3, 0.4) is 0 Å². The Labute approximate surface area is 111 Å². The molecule has 1 saturated carbocycles. The summed E-state index contributed by atoms with van der Waals surface area (Å²) in [5, 5.41) is 0. The number of rotatable bonds is 4. The molecule has 0 N–H and O–H groups in total. The van der Waals surface area contributed by atoms with Crippen molar-refractivity contribution in [2.24, 2.45) is 5.92 Å². The fourth-order valence-electron chi connectivity index (χ4n) is 2.78. The van der Waals surface area contributed by atoms with E-state index in [1.165, 1.54) is 32.1 Å². The van der Waals surface area contributed by atoms with Crippen LogP contribution in [0.15, 0.2) is 10.6 Å². The number of hydrogen-bond acceptors (Lipinski definition) is 2. The minimum atomic E-state index is 0.117. The monoisotopic (exact) mass is 249 g/mol. The highest BCUT2D eigenvalue weighted by atomic mass is 16.4. The highest BCUT2D eigenvalue weighted by molar-refractivity contribution is 5.09. The van der Waals surface area contributed by atoms with Crippen molar-refractivity contribution >= 4 is 0 Å². The Kier molecular flexibility index (Phi) is 4.14. The maximum atomic E-state index is 6.04.